The maximum atomic E-state index is 12.1. The molecule has 0 fully saturated rings. The molecule has 0 saturated carbocycles. The minimum absolute atomic E-state index is 0.0944. The summed E-state index contributed by atoms with van der Waals surface area (Å²) in [6, 6.07) is 0. The fourth-order valence-corrected chi connectivity index (χ4v) is 3.01. The summed E-state index contributed by atoms with van der Waals surface area (Å²) in [6.45, 7) is 1.94. The van der Waals surface area contributed by atoms with Crippen molar-refractivity contribution in [2.24, 2.45) is 0 Å². The summed E-state index contributed by atoms with van der Waals surface area (Å²) in [4.78, 5) is 0.735. The van der Waals surface area contributed by atoms with Gasteiger partial charge in [0.15, 0.2) is 0 Å². The van der Waals surface area contributed by atoms with Crippen LogP contribution in [0.1, 0.15) is 30.2 Å². The van der Waals surface area contributed by atoms with Gasteiger partial charge in [0.25, 0.3) is 0 Å². The first-order chi connectivity index (χ1) is 8.90. The number of allylic oxidation sites excluding steroid dienone is 4. The zero-order valence-corrected chi connectivity index (χ0v) is 11.1. The Morgan fingerprint density at radius 3 is 2.53 bits per heavy atom. The smallest absolute Gasteiger partial charge is 0.506 e. The average molecular weight is 290 g/mol. The monoisotopic (exact) mass is 290 g/mol. The van der Waals surface area contributed by atoms with Gasteiger partial charge in [0.2, 0.25) is 0 Å². The Bertz CT molecular complexity index is 526. The molecule has 2 rings (SSSR count). The highest BCUT2D eigenvalue weighted by molar-refractivity contribution is 7.11. The first-order valence-corrected chi connectivity index (χ1v) is 6.74. The summed E-state index contributed by atoms with van der Waals surface area (Å²) >= 11 is 1.41. The highest BCUT2D eigenvalue weighted by Gasteiger charge is 2.32. The van der Waals surface area contributed by atoms with Crippen molar-refractivity contribution in [3.63, 3.8) is 0 Å². The van der Waals surface area contributed by atoms with Gasteiger partial charge in [-0.1, -0.05) is 13.0 Å². The van der Waals surface area contributed by atoms with Gasteiger partial charge in [-0.05, 0) is 29.9 Å². The van der Waals surface area contributed by atoms with Gasteiger partial charge < -0.3 is 9.84 Å². The van der Waals surface area contributed by atoms with Crippen LogP contribution in [0.25, 0.3) is 5.57 Å². The Hall–Kier alpha value is -1.43. The Morgan fingerprint density at radius 2 is 2.05 bits per heavy atom. The molecule has 0 bridgehead atoms. The summed E-state index contributed by atoms with van der Waals surface area (Å²) in [5.74, 6) is 0.148. The molecule has 0 atom stereocenters. The van der Waals surface area contributed by atoms with E-state index in [1.54, 1.807) is 6.08 Å². The van der Waals surface area contributed by atoms with Gasteiger partial charge in [-0.2, -0.15) is 0 Å². The Kier molecular flexibility index (Phi) is 3.89. The fraction of sp³-hybridized carbons (Fsp3) is 0.385. The topological polar surface area (TPSA) is 29.5 Å². The van der Waals surface area contributed by atoms with E-state index in [1.807, 2.05) is 12.3 Å². The van der Waals surface area contributed by atoms with Crippen molar-refractivity contribution in [3.8, 4) is 5.75 Å². The highest BCUT2D eigenvalue weighted by atomic mass is 32.1. The molecule has 0 aliphatic heterocycles. The zero-order chi connectivity index (χ0) is 14.0. The summed E-state index contributed by atoms with van der Waals surface area (Å²) in [5, 5.41) is 11.8. The average Bonchev–Trinajstić information content (AvgIpc) is 2.69. The lowest BCUT2D eigenvalue weighted by molar-refractivity contribution is -0.306. The van der Waals surface area contributed by atoms with Gasteiger partial charge in [0, 0.05) is 12.0 Å². The van der Waals surface area contributed by atoms with E-state index in [-0.39, 0.29) is 17.9 Å². The van der Waals surface area contributed by atoms with Gasteiger partial charge >= 0.3 is 6.36 Å². The first kappa shape index (κ1) is 14.0. The van der Waals surface area contributed by atoms with Crippen LogP contribution in [0.4, 0.5) is 13.2 Å². The molecule has 1 aromatic heterocycles. The standard InChI is InChI=1S/C13H13F3O2S/c1-2-8-7-19-12(11(8)17)9-3-5-10(6-4-9)18-13(14,15)16/h3,5,7,17H,2,4,6H2,1H3. The third-order valence-corrected chi connectivity index (χ3v) is 3.96. The number of thiophene rings is 1. The lowest BCUT2D eigenvalue weighted by Crippen LogP contribution is -2.13. The van der Waals surface area contributed by atoms with Crippen LogP contribution in [0, 0.1) is 0 Å². The van der Waals surface area contributed by atoms with E-state index >= 15 is 0 Å². The van der Waals surface area contributed by atoms with Crippen LogP contribution < -0.4 is 0 Å². The van der Waals surface area contributed by atoms with E-state index in [0.29, 0.717) is 6.42 Å². The van der Waals surface area contributed by atoms with E-state index in [9.17, 15) is 18.3 Å². The van der Waals surface area contributed by atoms with Crippen LogP contribution in [0.3, 0.4) is 0 Å². The number of alkyl halides is 3. The van der Waals surface area contributed by atoms with Crippen molar-refractivity contribution in [2.75, 3.05) is 0 Å². The molecule has 0 saturated heterocycles. The normalized spacial score (nSPS) is 16.0. The molecule has 104 valence electrons. The number of hydrogen-bond donors (Lipinski definition) is 1. The Balaban J connectivity index is 2.18. The minimum Gasteiger partial charge on any atom is -0.506 e. The number of ether oxygens (including phenoxy) is 1. The van der Waals surface area contributed by atoms with Gasteiger partial charge in [0.05, 0.1) is 4.88 Å². The van der Waals surface area contributed by atoms with E-state index in [4.69, 9.17) is 0 Å². The molecule has 1 aliphatic rings. The predicted molar refractivity (Wildman–Crippen MR) is 67.8 cm³/mol. The lowest BCUT2D eigenvalue weighted by atomic mass is 10.0. The molecule has 0 aromatic carbocycles. The maximum absolute atomic E-state index is 12.1. The van der Waals surface area contributed by atoms with E-state index in [1.165, 1.54) is 17.4 Å². The Morgan fingerprint density at radius 1 is 1.32 bits per heavy atom. The SMILES string of the molecule is CCc1csc(C2=CC=C(OC(F)(F)F)CC2)c1O. The molecule has 1 heterocycles. The van der Waals surface area contributed by atoms with Crippen LogP contribution in [0.2, 0.25) is 0 Å². The summed E-state index contributed by atoms with van der Waals surface area (Å²) < 4.78 is 40.0. The second kappa shape index (κ2) is 5.28. The van der Waals surface area contributed by atoms with Crippen LogP contribution in [-0.4, -0.2) is 11.5 Å². The quantitative estimate of drug-likeness (QED) is 0.880. The molecule has 0 amide bonds. The number of aromatic hydroxyl groups is 1. The molecule has 1 N–H and O–H groups in total. The van der Waals surface area contributed by atoms with Crippen molar-refractivity contribution in [2.45, 2.75) is 32.5 Å². The molecular formula is C13H13F3O2S. The van der Waals surface area contributed by atoms with Crippen LogP contribution in [0.5, 0.6) is 5.75 Å². The molecule has 19 heavy (non-hydrogen) atoms. The molecule has 6 heteroatoms. The third kappa shape index (κ3) is 3.32. The number of rotatable bonds is 3. The number of aryl methyl sites for hydroxylation is 1. The molecule has 0 spiro atoms. The second-order valence-corrected chi connectivity index (χ2v) is 5.04. The molecule has 1 aromatic rings. The van der Waals surface area contributed by atoms with Crippen molar-refractivity contribution < 1.29 is 23.0 Å². The van der Waals surface area contributed by atoms with Crippen LogP contribution in [0.15, 0.2) is 23.3 Å². The first-order valence-electron chi connectivity index (χ1n) is 5.86. The zero-order valence-electron chi connectivity index (χ0n) is 10.3. The third-order valence-electron chi connectivity index (χ3n) is 2.87. The van der Waals surface area contributed by atoms with Gasteiger partial charge in [-0.3, -0.25) is 0 Å². The molecule has 1 aliphatic carbocycles. The Labute approximate surface area is 112 Å². The summed E-state index contributed by atoms with van der Waals surface area (Å²) in [6.07, 6.45) is -0.401. The number of halogens is 3. The summed E-state index contributed by atoms with van der Waals surface area (Å²) in [5.41, 5.74) is 1.71. The van der Waals surface area contributed by atoms with Crippen molar-refractivity contribution >= 4 is 16.9 Å². The molecular weight excluding hydrogens is 277 g/mol. The highest BCUT2D eigenvalue weighted by Crippen LogP contribution is 2.39. The maximum Gasteiger partial charge on any atom is 0.572 e. The largest absolute Gasteiger partial charge is 0.572 e. The van der Waals surface area contributed by atoms with Crippen LogP contribution >= 0.6 is 11.3 Å². The van der Waals surface area contributed by atoms with Crippen molar-refractivity contribution in [3.05, 3.63) is 33.7 Å². The lowest BCUT2D eigenvalue weighted by Gasteiger charge is -2.16. The molecule has 2 nitrogen and oxygen atoms in total. The molecule has 0 unspecified atom stereocenters. The van der Waals surface area contributed by atoms with E-state index in [0.717, 1.165) is 22.4 Å². The van der Waals surface area contributed by atoms with Gasteiger partial charge in [-0.15, -0.1) is 24.5 Å². The number of hydrogen-bond acceptors (Lipinski definition) is 3. The minimum atomic E-state index is -4.64. The van der Waals surface area contributed by atoms with E-state index < -0.39 is 6.36 Å². The van der Waals surface area contributed by atoms with Gasteiger partial charge in [0.1, 0.15) is 11.5 Å². The van der Waals surface area contributed by atoms with Gasteiger partial charge in [-0.25, -0.2) is 0 Å². The second-order valence-electron chi connectivity index (χ2n) is 4.16. The van der Waals surface area contributed by atoms with E-state index in [2.05, 4.69) is 4.74 Å². The molecule has 0 radical (unpaired) electrons. The van der Waals surface area contributed by atoms with Crippen LogP contribution in [-0.2, 0) is 11.2 Å². The van der Waals surface area contributed by atoms with Crippen molar-refractivity contribution in [1.82, 2.24) is 0 Å². The fourth-order valence-electron chi connectivity index (χ4n) is 1.91. The van der Waals surface area contributed by atoms with Crippen molar-refractivity contribution in [1.29, 1.82) is 0 Å². The predicted octanol–water partition coefficient (Wildman–Crippen LogP) is 4.61. The summed E-state index contributed by atoms with van der Waals surface area (Å²) in [7, 11) is 0.